The number of piperazine rings is 1. The van der Waals surface area contributed by atoms with Crippen LogP contribution in [0, 0.1) is 11.6 Å². The molecule has 1 aliphatic rings. The Hall–Kier alpha value is -2.28. The average Bonchev–Trinajstić information content (AvgIpc) is 2.57. The van der Waals surface area contributed by atoms with Gasteiger partial charge in [-0.05, 0) is 12.1 Å². The molecule has 2 aromatic rings. The first-order valence-corrected chi connectivity index (χ1v) is 7.04. The molecule has 5 nitrogen and oxygen atoms in total. The lowest BCUT2D eigenvalue weighted by Crippen LogP contribution is -2.46. The summed E-state index contributed by atoms with van der Waals surface area (Å²) in [6.07, 6.45) is 4.95. The molecule has 0 radical (unpaired) electrons. The number of halogens is 2. The number of phenols is 1. The van der Waals surface area contributed by atoms with Gasteiger partial charge in [-0.15, -0.1) is 0 Å². The molecular weight excluding hydrogens is 290 g/mol. The predicted octanol–water partition coefficient (Wildman–Crippen LogP) is 1.78. The highest BCUT2D eigenvalue weighted by molar-refractivity contribution is 5.36. The second-order valence-electron chi connectivity index (χ2n) is 5.19. The van der Waals surface area contributed by atoms with E-state index in [1.54, 1.807) is 18.6 Å². The van der Waals surface area contributed by atoms with Crippen LogP contribution in [0.15, 0.2) is 30.7 Å². The van der Waals surface area contributed by atoms with E-state index in [0.29, 0.717) is 26.2 Å². The molecular formula is C15H16F2N4O. The molecule has 7 heteroatoms. The van der Waals surface area contributed by atoms with Crippen LogP contribution in [0.5, 0.6) is 5.75 Å². The Labute approximate surface area is 126 Å². The third-order valence-electron chi connectivity index (χ3n) is 3.79. The van der Waals surface area contributed by atoms with E-state index in [0.717, 1.165) is 18.0 Å². The Morgan fingerprint density at radius 2 is 1.86 bits per heavy atom. The van der Waals surface area contributed by atoms with Gasteiger partial charge in [-0.3, -0.25) is 9.88 Å². The van der Waals surface area contributed by atoms with Crippen molar-refractivity contribution in [3.63, 3.8) is 0 Å². The molecule has 1 aromatic carbocycles. The number of hydrogen-bond acceptors (Lipinski definition) is 5. The highest BCUT2D eigenvalue weighted by atomic mass is 19.1. The molecule has 1 fully saturated rings. The van der Waals surface area contributed by atoms with Gasteiger partial charge in [0.1, 0.15) is 11.6 Å². The number of aromatic nitrogens is 2. The molecule has 2 heterocycles. The lowest BCUT2D eigenvalue weighted by molar-refractivity contribution is 0.241. The zero-order valence-corrected chi connectivity index (χ0v) is 11.9. The van der Waals surface area contributed by atoms with E-state index in [4.69, 9.17) is 0 Å². The van der Waals surface area contributed by atoms with E-state index in [9.17, 15) is 13.9 Å². The molecule has 0 spiro atoms. The molecule has 1 aliphatic heterocycles. The second-order valence-corrected chi connectivity index (χ2v) is 5.19. The first-order chi connectivity index (χ1) is 10.6. The summed E-state index contributed by atoms with van der Waals surface area (Å²) in [4.78, 5) is 12.3. The standard InChI is InChI=1S/C15H16F2N4O/c16-12-1-2-13(22)15(17)11(12)10-20-5-7-21(8-6-20)14-9-18-3-4-19-14/h1-4,9,22H,5-8,10H2. The third kappa shape index (κ3) is 2.99. The minimum absolute atomic E-state index is 0.0899. The van der Waals surface area contributed by atoms with Gasteiger partial charge in [-0.1, -0.05) is 0 Å². The molecule has 0 bridgehead atoms. The largest absolute Gasteiger partial charge is 0.505 e. The van der Waals surface area contributed by atoms with Crippen molar-refractivity contribution in [2.75, 3.05) is 31.1 Å². The van der Waals surface area contributed by atoms with Crippen molar-refractivity contribution in [1.82, 2.24) is 14.9 Å². The van der Waals surface area contributed by atoms with Gasteiger partial charge in [0, 0.05) is 50.7 Å². The van der Waals surface area contributed by atoms with Gasteiger partial charge in [-0.25, -0.2) is 13.8 Å². The van der Waals surface area contributed by atoms with Crippen molar-refractivity contribution in [2.45, 2.75) is 6.54 Å². The maximum atomic E-state index is 13.8. The summed E-state index contributed by atoms with van der Waals surface area (Å²) in [7, 11) is 0. The number of hydrogen-bond donors (Lipinski definition) is 1. The van der Waals surface area contributed by atoms with Crippen LogP contribution in [0.4, 0.5) is 14.6 Å². The summed E-state index contributed by atoms with van der Waals surface area (Å²) in [5.74, 6) is -1.23. The molecule has 116 valence electrons. The quantitative estimate of drug-likeness (QED) is 0.937. The smallest absolute Gasteiger partial charge is 0.172 e. The monoisotopic (exact) mass is 306 g/mol. The van der Waals surface area contributed by atoms with Crippen LogP contribution in [0.2, 0.25) is 0 Å². The van der Waals surface area contributed by atoms with Crippen molar-refractivity contribution in [3.05, 3.63) is 47.9 Å². The maximum Gasteiger partial charge on any atom is 0.172 e. The molecule has 22 heavy (non-hydrogen) atoms. The van der Waals surface area contributed by atoms with Crippen molar-refractivity contribution in [2.24, 2.45) is 0 Å². The molecule has 0 atom stereocenters. The number of nitrogens with zero attached hydrogens (tertiary/aromatic N) is 4. The van der Waals surface area contributed by atoms with Crippen LogP contribution < -0.4 is 4.90 Å². The first-order valence-electron chi connectivity index (χ1n) is 7.04. The SMILES string of the molecule is Oc1ccc(F)c(CN2CCN(c3cnccn3)CC2)c1F. The van der Waals surface area contributed by atoms with E-state index < -0.39 is 17.4 Å². The van der Waals surface area contributed by atoms with Gasteiger partial charge in [-0.2, -0.15) is 0 Å². The summed E-state index contributed by atoms with van der Waals surface area (Å²) in [6.45, 7) is 2.87. The summed E-state index contributed by atoms with van der Waals surface area (Å²) in [6, 6.07) is 2.11. The lowest BCUT2D eigenvalue weighted by atomic mass is 10.1. The normalized spacial score (nSPS) is 16.0. The van der Waals surface area contributed by atoms with E-state index >= 15 is 0 Å². The fourth-order valence-corrected chi connectivity index (χ4v) is 2.54. The van der Waals surface area contributed by atoms with E-state index in [1.807, 2.05) is 4.90 Å². The Kier molecular flexibility index (Phi) is 4.15. The van der Waals surface area contributed by atoms with Crippen molar-refractivity contribution < 1.29 is 13.9 Å². The van der Waals surface area contributed by atoms with Gasteiger partial charge >= 0.3 is 0 Å². The topological polar surface area (TPSA) is 52.5 Å². The third-order valence-corrected chi connectivity index (χ3v) is 3.79. The van der Waals surface area contributed by atoms with Crippen LogP contribution in [0.25, 0.3) is 0 Å². The van der Waals surface area contributed by atoms with E-state index in [2.05, 4.69) is 14.9 Å². The number of rotatable bonds is 3. The summed E-state index contributed by atoms with van der Waals surface area (Å²) in [5, 5.41) is 9.36. The highest BCUT2D eigenvalue weighted by Crippen LogP contribution is 2.24. The van der Waals surface area contributed by atoms with Gasteiger partial charge in [0.05, 0.1) is 6.20 Å². The van der Waals surface area contributed by atoms with Crippen molar-refractivity contribution in [3.8, 4) is 5.75 Å². The Bertz CT molecular complexity index is 645. The zero-order chi connectivity index (χ0) is 15.5. The van der Waals surface area contributed by atoms with Gasteiger partial charge < -0.3 is 10.0 Å². The molecule has 0 unspecified atom stereocenters. The lowest BCUT2D eigenvalue weighted by Gasteiger charge is -2.35. The van der Waals surface area contributed by atoms with Crippen LogP contribution in [-0.2, 0) is 6.54 Å². The van der Waals surface area contributed by atoms with Gasteiger partial charge in [0.15, 0.2) is 11.6 Å². The van der Waals surface area contributed by atoms with Crippen molar-refractivity contribution >= 4 is 5.82 Å². The zero-order valence-electron chi connectivity index (χ0n) is 11.9. The predicted molar refractivity (Wildman–Crippen MR) is 77.5 cm³/mol. The van der Waals surface area contributed by atoms with Crippen LogP contribution in [-0.4, -0.2) is 46.2 Å². The first kappa shape index (κ1) is 14.6. The number of phenolic OH excluding ortho intramolecular Hbond substituents is 1. The minimum atomic E-state index is -0.878. The second kappa shape index (κ2) is 6.23. The van der Waals surface area contributed by atoms with E-state index in [1.165, 1.54) is 0 Å². The fourth-order valence-electron chi connectivity index (χ4n) is 2.54. The minimum Gasteiger partial charge on any atom is -0.505 e. The number of aromatic hydroxyl groups is 1. The number of anilines is 1. The van der Waals surface area contributed by atoms with E-state index in [-0.39, 0.29) is 12.1 Å². The Morgan fingerprint density at radius 3 is 2.55 bits per heavy atom. The number of benzene rings is 1. The summed E-state index contributed by atoms with van der Waals surface area (Å²) >= 11 is 0. The van der Waals surface area contributed by atoms with Gasteiger partial charge in [0.2, 0.25) is 0 Å². The summed E-state index contributed by atoms with van der Waals surface area (Å²) < 4.78 is 27.5. The van der Waals surface area contributed by atoms with Crippen molar-refractivity contribution in [1.29, 1.82) is 0 Å². The molecule has 1 N–H and O–H groups in total. The van der Waals surface area contributed by atoms with Crippen LogP contribution in [0.1, 0.15) is 5.56 Å². The Balaban J connectivity index is 1.64. The highest BCUT2D eigenvalue weighted by Gasteiger charge is 2.21. The fraction of sp³-hybridized carbons (Fsp3) is 0.333. The molecule has 0 aliphatic carbocycles. The summed E-state index contributed by atoms with van der Waals surface area (Å²) in [5.41, 5.74) is -0.0899. The van der Waals surface area contributed by atoms with Gasteiger partial charge in [0.25, 0.3) is 0 Å². The van der Waals surface area contributed by atoms with Crippen LogP contribution in [0.3, 0.4) is 0 Å². The average molecular weight is 306 g/mol. The molecule has 0 amide bonds. The Morgan fingerprint density at radius 1 is 1.09 bits per heavy atom. The van der Waals surface area contributed by atoms with Crippen LogP contribution >= 0.6 is 0 Å². The molecule has 1 saturated heterocycles. The molecule has 1 aromatic heterocycles. The molecule has 3 rings (SSSR count). The molecule has 0 saturated carbocycles. The maximum absolute atomic E-state index is 13.8.